The van der Waals surface area contributed by atoms with Crippen LogP contribution >= 0.6 is 28.1 Å². The van der Waals surface area contributed by atoms with Gasteiger partial charge in [0.15, 0.2) is 5.11 Å². The van der Waals surface area contributed by atoms with Crippen LogP contribution in [0.25, 0.3) is 0 Å². The van der Waals surface area contributed by atoms with E-state index in [0.29, 0.717) is 5.11 Å². The van der Waals surface area contributed by atoms with Crippen LogP contribution in [-0.2, 0) is 0 Å². The molecule has 0 radical (unpaired) electrons. The van der Waals surface area contributed by atoms with E-state index in [1.54, 1.807) is 6.20 Å². The van der Waals surface area contributed by atoms with Crippen LogP contribution in [0.2, 0.25) is 0 Å². The van der Waals surface area contributed by atoms with Crippen molar-refractivity contribution in [3.05, 3.63) is 82.0 Å². The van der Waals surface area contributed by atoms with Crippen molar-refractivity contribution in [2.75, 3.05) is 4.90 Å². The second-order valence-corrected chi connectivity index (χ2v) is 7.62. The SMILES string of the molecule is Cc1ccc([C@@H]2[C@H](c3ccccn3)NC(=S)N2c2ccc(Br)c(C)c2)o1. The maximum atomic E-state index is 5.99. The molecule has 0 spiro atoms. The fraction of sp³-hybridized carbons (Fsp3) is 0.200. The number of nitrogens with one attached hydrogen (secondary N) is 1. The number of aryl methyl sites for hydroxylation is 2. The average Bonchev–Trinajstić information content (AvgIpc) is 3.21. The number of pyridine rings is 1. The number of furan rings is 1. The molecule has 3 heterocycles. The standard InChI is InChI=1S/C20H18BrN3OS/c1-12-11-14(7-8-15(12)21)24-19(17-9-6-13(2)25-17)18(23-20(24)26)16-5-3-4-10-22-16/h3-11,18-19H,1-2H3,(H,23,26)/t18-,19+/m0/s1. The van der Waals surface area contributed by atoms with Gasteiger partial charge in [0, 0.05) is 16.4 Å². The molecule has 2 aromatic heterocycles. The van der Waals surface area contributed by atoms with Crippen LogP contribution in [0, 0.1) is 13.8 Å². The summed E-state index contributed by atoms with van der Waals surface area (Å²) in [6.07, 6.45) is 1.80. The molecule has 4 rings (SSSR count). The molecule has 4 nitrogen and oxygen atoms in total. The fourth-order valence-corrected chi connectivity index (χ4v) is 3.91. The van der Waals surface area contributed by atoms with E-state index >= 15 is 0 Å². The Morgan fingerprint density at radius 3 is 2.65 bits per heavy atom. The van der Waals surface area contributed by atoms with Crippen LogP contribution in [0.1, 0.15) is 34.9 Å². The van der Waals surface area contributed by atoms with Gasteiger partial charge in [-0.2, -0.15) is 0 Å². The Bertz CT molecular complexity index is 957. The lowest BCUT2D eigenvalue weighted by atomic mass is 10.0. The van der Waals surface area contributed by atoms with E-state index in [2.05, 4.69) is 50.2 Å². The minimum atomic E-state index is -0.105. The highest BCUT2D eigenvalue weighted by Gasteiger charge is 2.42. The molecule has 1 aromatic carbocycles. The normalized spacial score (nSPS) is 19.7. The quantitative estimate of drug-likeness (QED) is 0.579. The predicted octanol–water partition coefficient (Wildman–Crippen LogP) is 5.23. The molecule has 0 aliphatic carbocycles. The number of nitrogens with zero attached hydrogens (tertiary/aromatic N) is 2. The van der Waals surface area contributed by atoms with Gasteiger partial charge in [-0.1, -0.05) is 22.0 Å². The summed E-state index contributed by atoms with van der Waals surface area (Å²) >= 11 is 9.26. The molecule has 6 heteroatoms. The Labute approximate surface area is 166 Å². The van der Waals surface area contributed by atoms with E-state index in [1.807, 2.05) is 43.3 Å². The largest absolute Gasteiger partial charge is 0.464 e. The number of benzene rings is 1. The van der Waals surface area contributed by atoms with Crippen molar-refractivity contribution >= 4 is 38.9 Å². The smallest absolute Gasteiger partial charge is 0.174 e. The summed E-state index contributed by atoms with van der Waals surface area (Å²) in [5.74, 6) is 1.75. The molecular formula is C20H18BrN3OS. The predicted molar refractivity (Wildman–Crippen MR) is 110 cm³/mol. The molecule has 0 saturated carbocycles. The number of thiocarbonyl (C=S) groups is 1. The molecule has 2 atom stereocenters. The zero-order chi connectivity index (χ0) is 18.3. The zero-order valence-electron chi connectivity index (χ0n) is 14.4. The highest BCUT2D eigenvalue weighted by molar-refractivity contribution is 9.10. The van der Waals surface area contributed by atoms with Crippen molar-refractivity contribution in [1.82, 2.24) is 10.3 Å². The number of rotatable bonds is 3. The number of aromatic nitrogens is 1. The van der Waals surface area contributed by atoms with Gasteiger partial charge in [-0.3, -0.25) is 4.98 Å². The first-order valence-electron chi connectivity index (χ1n) is 8.38. The van der Waals surface area contributed by atoms with Crippen LogP contribution in [-0.4, -0.2) is 10.1 Å². The Balaban J connectivity index is 1.83. The number of anilines is 1. The Hall–Kier alpha value is -2.18. The third-order valence-corrected chi connectivity index (χ3v) is 5.77. The van der Waals surface area contributed by atoms with Gasteiger partial charge in [0.2, 0.25) is 0 Å². The second-order valence-electron chi connectivity index (χ2n) is 6.38. The fourth-order valence-electron chi connectivity index (χ4n) is 3.31. The van der Waals surface area contributed by atoms with Gasteiger partial charge in [-0.25, -0.2) is 0 Å². The van der Waals surface area contributed by atoms with Gasteiger partial charge >= 0.3 is 0 Å². The third kappa shape index (κ3) is 3.04. The lowest BCUT2D eigenvalue weighted by molar-refractivity contribution is 0.418. The van der Waals surface area contributed by atoms with Crippen molar-refractivity contribution in [2.24, 2.45) is 0 Å². The number of halogens is 1. The first kappa shape index (κ1) is 17.2. The average molecular weight is 428 g/mol. The van der Waals surface area contributed by atoms with E-state index in [1.165, 1.54) is 0 Å². The van der Waals surface area contributed by atoms with Crippen LogP contribution in [0.15, 0.2) is 63.6 Å². The molecule has 1 fully saturated rings. The highest BCUT2D eigenvalue weighted by atomic mass is 79.9. The minimum absolute atomic E-state index is 0.0850. The molecule has 1 aliphatic rings. The van der Waals surface area contributed by atoms with Crippen molar-refractivity contribution < 1.29 is 4.42 Å². The molecule has 26 heavy (non-hydrogen) atoms. The van der Waals surface area contributed by atoms with E-state index in [9.17, 15) is 0 Å². The maximum absolute atomic E-state index is 5.99. The summed E-state index contributed by atoms with van der Waals surface area (Å²) in [5.41, 5.74) is 3.12. The highest BCUT2D eigenvalue weighted by Crippen LogP contribution is 2.42. The van der Waals surface area contributed by atoms with E-state index in [4.69, 9.17) is 16.6 Å². The van der Waals surface area contributed by atoms with Gasteiger partial charge in [0.05, 0.1) is 11.7 Å². The summed E-state index contributed by atoms with van der Waals surface area (Å²) in [5, 5.41) is 4.10. The Kier molecular flexibility index (Phi) is 4.54. The van der Waals surface area contributed by atoms with E-state index in [-0.39, 0.29) is 12.1 Å². The molecule has 3 aromatic rings. The van der Waals surface area contributed by atoms with Crippen LogP contribution in [0.3, 0.4) is 0 Å². The van der Waals surface area contributed by atoms with Gasteiger partial charge in [-0.05, 0) is 74.1 Å². The van der Waals surface area contributed by atoms with Gasteiger partial charge in [0.1, 0.15) is 17.6 Å². The number of hydrogen-bond donors (Lipinski definition) is 1. The van der Waals surface area contributed by atoms with Gasteiger partial charge in [0.25, 0.3) is 0 Å². The lowest BCUT2D eigenvalue weighted by Crippen LogP contribution is -2.29. The van der Waals surface area contributed by atoms with E-state index < -0.39 is 0 Å². The van der Waals surface area contributed by atoms with Crippen LogP contribution in [0.5, 0.6) is 0 Å². The molecular weight excluding hydrogens is 410 g/mol. The van der Waals surface area contributed by atoms with Crippen molar-refractivity contribution in [3.8, 4) is 0 Å². The first-order valence-corrected chi connectivity index (χ1v) is 9.58. The van der Waals surface area contributed by atoms with Gasteiger partial charge < -0.3 is 14.6 Å². The van der Waals surface area contributed by atoms with Crippen molar-refractivity contribution in [3.63, 3.8) is 0 Å². The molecule has 1 saturated heterocycles. The summed E-state index contributed by atoms with van der Waals surface area (Å²) < 4.78 is 7.07. The van der Waals surface area contributed by atoms with Gasteiger partial charge in [-0.15, -0.1) is 0 Å². The topological polar surface area (TPSA) is 41.3 Å². The molecule has 0 unspecified atom stereocenters. The third-order valence-electron chi connectivity index (χ3n) is 4.57. The van der Waals surface area contributed by atoms with Crippen molar-refractivity contribution in [1.29, 1.82) is 0 Å². The van der Waals surface area contributed by atoms with Crippen molar-refractivity contribution in [2.45, 2.75) is 25.9 Å². The van der Waals surface area contributed by atoms with Crippen LogP contribution in [0.4, 0.5) is 5.69 Å². The van der Waals surface area contributed by atoms with Crippen LogP contribution < -0.4 is 10.2 Å². The summed E-state index contributed by atoms with van der Waals surface area (Å²) in [6, 6.07) is 16.0. The second kappa shape index (κ2) is 6.85. The van der Waals surface area contributed by atoms with E-state index in [0.717, 1.165) is 32.9 Å². The zero-order valence-corrected chi connectivity index (χ0v) is 16.8. The number of hydrogen-bond acceptors (Lipinski definition) is 3. The molecule has 1 N–H and O–H groups in total. The molecule has 1 aliphatic heterocycles. The summed E-state index contributed by atoms with van der Waals surface area (Å²) in [7, 11) is 0. The maximum Gasteiger partial charge on any atom is 0.174 e. The first-order chi connectivity index (χ1) is 12.5. The Morgan fingerprint density at radius 2 is 2.00 bits per heavy atom. The lowest BCUT2D eigenvalue weighted by Gasteiger charge is -2.26. The monoisotopic (exact) mass is 427 g/mol. The summed E-state index contributed by atoms with van der Waals surface area (Å²) in [4.78, 5) is 6.66. The molecule has 0 amide bonds. The molecule has 132 valence electrons. The molecule has 0 bridgehead atoms. The summed E-state index contributed by atoms with van der Waals surface area (Å²) in [6.45, 7) is 4.02. The minimum Gasteiger partial charge on any atom is -0.464 e. The Morgan fingerprint density at radius 1 is 1.15 bits per heavy atom.